The molecule has 0 aromatic heterocycles. The summed E-state index contributed by atoms with van der Waals surface area (Å²) in [6.07, 6.45) is 1.47. The summed E-state index contributed by atoms with van der Waals surface area (Å²) in [6, 6.07) is 13.4. The average molecular weight is 421 g/mol. The van der Waals surface area contributed by atoms with Gasteiger partial charge in [-0.15, -0.1) is 0 Å². The highest BCUT2D eigenvalue weighted by Gasteiger charge is 2.11. The van der Waals surface area contributed by atoms with Crippen LogP contribution < -0.4 is 4.83 Å². The topological polar surface area (TPSA) is 58.5 Å². The Kier molecular flexibility index (Phi) is 5.00. The standard InChI is InChI=1S/C13H10ClIN2O2S/c14-11-5-7-12(8-6-11)20(18,19)17-16-9-10-3-1-2-4-13(10)15/h1-9,17H/b16-9-. The fraction of sp³-hybridized carbons (Fsp3) is 0. The second kappa shape index (κ2) is 6.55. The van der Waals surface area contributed by atoms with Gasteiger partial charge in [-0.25, -0.2) is 4.83 Å². The minimum atomic E-state index is -3.67. The summed E-state index contributed by atoms with van der Waals surface area (Å²) in [5.74, 6) is 0. The highest BCUT2D eigenvalue weighted by molar-refractivity contribution is 14.1. The Morgan fingerprint density at radius 1 is 1.10 bits per heavy atom. The number of hydrogen-bond acceptors (Lipinski definition) is 3. The van der Waals surface area contributed by atoms with Gasteiger partial charge in [-0.05, 0) is 52.9 Å². The SMILES string of the molecule is O=S(=O)(N/N=C\c1ccccc1I)c1ccc(Cl)cc1. The van der Waals surface area contributed by atoms with Gasteiger partial charge in [-0.3, -0.25) is 0 Å². The molecule has 2 rings (SSSR count). The zero-order valence-corrected chi connectivity index (χ0v) is 13.9. The molecule has 0 amide bonds. The average Bonchev–Trinajstić information content (AvgIpc) is 2.41. The van der Waals surface area contributed by atoms with Crippen LogP contribution in [-0.2, 0) is 10.0 Å². The zero-order chi connectivity index (χ0) is 14.6. The van der Waals surface area contributed by atoms with Gasteiger partial charge in [-0.1, -0.05) is 29.8 Å². The molecule has 104 valence electrons. The number of halogens is 2. The molecule has 2 aromatic carbocycles. The third kappa shape index (κ3) is 3.94. The maximum Gasteiger partial charge on any atom is 0.276 e. The normalized spacial score (nSPS) is 11.7. The maximum atomic E-state index is 11.9. The van der Waals surface area contributed by atoms with E-state index in [9.17, 15) is 8.42 Å². The van der Waals surface area contributed by atoms with Gasteiger partial charge >= 0.3 is 0 Å². The lowest BCUT2D eigenvalue weighted by molar-refractivity contribution is 0.584. The Balaban J connectivity index is 2.14. The Morgan fingerprint density at radius 2 is 1.75 bits per heavy atom. The predicted octanol–water partition coefficient (Wildman–Crippen LogP) is 3.26. The number of nitrogens with one attached hydrogen (secondary N) is 1. The van der Waals surface area contributed by atoms with Crippen LogP contribution in [0.25, 0.3) is 0 Å². The molecule has 0 radical (unpaired) electrons. The first kappa shape index (κ1) is 15.3. The van der Waals surface area contributed by atoms with Crippen LogP contribution >= 0.6 is 34.2 Å². The third-order valence-corrected chi connectivity index (χ3v) is 4.88. The van der Waals surface area contributed by atoms with Gasteiger partial charge in [0.15, 0.2) is 0 Å². The lowest BCUT2D eigenvalue weighted by Crippen LogP contribution is -2.18. The Hall–Kier alpha value is -1.12. The van der Waals surface area contributed by atoms with Gasteiger partial charge < -0.3 is 0 Å². The first-order valence-electron chi connectivity index (χ1n) is 5.54. The van der Waals surface area contributed by atoms with E-state index in [0.29, 0.717) is 5.02 Å². The molecule has 0 bridgehead atoms. The first-order valence-corrected chi connectivity index (χ1v) is 8.48. The second-order valence-corrected chi connectivity index (χ2v) is 7.09. The van der Waals surface area contributed by atoms with E-state index in [-0.39, 0.29) is 4.90 Å². The zero-order valence-electron chi connectivity index (χ0n) is 10.1. The van der Waals surface area contributed by atoms with Crippen LogP contribution in [-0.4, -0.2) is 14.6 Å². The fourth-order valence-corrected chi connectivity index (χ4v) is 2.86. The van der Waals surface area contributed by atoms with Gasteiger partial charge in [0, 0.05) is 14.2 Å². The van der Waals surface area contributed by atoms with E-state index in [4.69, 9.17) is 11.6 Å². The Labute approximate surface area is 136 Å². The lowest BCUT2D eigenvalue weighted by atomic mass is 10.2. The van der Waals surface area contributed by atoms with Gasteiger partial charge in [0.05, 0.1) is 11.1 Å². The largest absolute Gasteiger partial charge is 0.276 e. The number of nitrogens with zero attached hydrogens (tertiary/aromatic N) is 1. The molecule has 0 aliphatic heterocycles. The van der Waals surface area contributed by atoms with Crippen LogP contribution in [0.5, 0.6) is 0 Å². The second-order valence-electron chi connectivity index (χ2n) is 3.83. The van der Waals surface area contributed by atoms with Crippen molar-refractivity contribution in [1.82, 2.24) is 4.83 Å². The van der Waals surface area contributed by atoms with Crippen molar-refractivity contribution in [1.29, 1.82) is 0 Å². The van der Waals surface area contributed by atoms with Crippen molar-refractivity contribution in [2.75, 3.05) is 0 Å². The van der Waals surface area contributed by atoms with E-state index in [1.807, 2.05) is 24.3 Å². The quantitative estimate of drug-likeness (QED) is 0.469. The molecule has 0 aliphatic carbocycles. The molecule has 0 spiro atoms. The molecular formula is C13H10ClIN2O2S. The summed E-state index contributed by atoms with van der Waals surface area (Å²) in [4.78, 5) is 2.28. The van der Waals surface area contributed by atoms with Crippen molar-refractivity contribution in [3.05, 3.63) is 62.7 Å². The minimum absolute atomic E-state index is 0.113. The highest BCUT2D eigenvalue weighted by Crippen LogP contribution is 2.14. The summed E-state index contributed by atoms with van der Waals surface area (Å²) in [5.41, 5.74) is 0.840. The van der Waals surface area contributed by atoms with Crippen LogP contribution in [0.4, 0.5) is 0 Å². The van der Waals surface area contributed by atoms with Gasteiger partial charge in [0.2, 0.25) is 0 Å². The maximum absolute atomic E-state index is 11.9. The number of hydrazone groups is 1. The number of rotatable bonds is 4. The van der Waals surface area contributed by atoms with Crippen LogP contribution in [0.2, 0.25) is 5.02 Å². The summed E-state index contributed by atoms with van der Waals surface area (Å²) >= 11 is 7.87. The molecule has 0 saturated carbocycles. The van der Waals surface area contributed by atoms with Crippen molar-refractivity contribution >= 4 is 50.4 Å². The number of hydrogen-bond donors (Lipinski definition) is 1. The van der Waals surface area contributed by atoms with Gasteiger partial charge in [-0.2, -0.15) is 13.5 Å². The van der Waals surface area contributed by atoms with E-state index in [1.54, 1.807) is 0 Å². The summed E-state index contributed by atoms with van der Waals surface area (Å²) in [5, 5.41) is 4.25. The number of sulfonamides is 1. The molecule has 20 heavy (non-hydrogen) atoms. The van der Waals surface area contributed by atoms with Crippen molar-refractivity contribution in [2.45, 2.75) is 4.90 Å². The Morgan fingerprint density at radius 3 is 2.40 bits per heavy atom. The highest BCUT2D eigenvalue weighted by atomic mass is 127. The molecule has 0 atom stereocenters. The van der Waals surface area contributed by atoms with Crippen molar-refractivity contribution < 1.29 is 8.42 Å². The summed E-state index contributed by atoms with van der Waals surface area (Å²) < 4.78 is 24.9. The molecule has 0 fully saturated rings. The van der Waals surface area contributed by atoms with Crippen molar-refractivity contribution in [3.8, 4) is 0 Å². The third-order valence-electron chi connectivity index (χ3n) is 2.41. The summed E-state index contributed by atoms with van der Waals surface area (Å²) in [6.45, 7) is 0. The van der Waals surface area contributed by atoms with E-state index < -0.39 is 10.0 Å². The molecule has 0 aliphatic rings. The van der Waals surface area contributed by atoms with Crippen LogP contribution in [0.3, 0.4) is 0 Å². The molecule has 7 heteroatoms. The molecule has 2 aromatic rings. The van der Waals surface area contributed by atoms with E-state index in [1.165, 1.54) is 30.5 Å². The number of benzene rings is 2. The molecular weight excluding hydrogens is 411 g/mol. The van der Waals surface area contributed by atoms with Crippen LogP contribution in [0.1, 0.15) is 5.56 Å². The molecule has 0 saturated heterocycles. The fourth-order valence-electron chi connectivity index (χ4n) is 1.41. The lowest BCUT2D eigenvalue weighted by Gasteiger charge is -2.03. The molecule has 0 unspecified atom stereocenters. The van der Waals surface area contributed by atoms with Crippen molar-refractivity contribution in [3.63, 3.8) is 0 Å². The van der Waals surface area contributed by atoms with Gasteiger partial charge in [0.1, 0.15) is 0 Å². The van der Waals surface area contributed by atoms with Crippen LogP contribution in [0, 0.1) is 3.57 Å². The molecule has 4 nitrogen and oxygen atoms in total. The first-order chi connectivity index (χ1) is 9.49. The minimum Gasteiger partial charge on any atom is -0.200 e. The molecule has 1 N–H and O–H groups in total. The monoisotopic (exact) mass is 420 g/mol. The van der Waals surface area contributed by atoms with Crippen LogP contribution in [0.15, 0.2) is 58.5 Å². The summed E-state index contributed by atoms with van der Waals surface area (Å²) in [7, 11) is -3.67. The van der Waals surface area contributed by atoms with Crippen molar-refractivity contribution in [2.24, 2.45) is 5.10 Å². The van der Waals surface area contributed by atoms with E-state index >= 15 is 0 Å². The van der Waals surface area contributed by atoms with Gasteiger partial charge in [0.25, 0.3) is 10.0 Å². The molecule has 0 heterocycles. The van der Waals surface area contributed by atoms with E-state index in [2.05, 4.69) is 32.5 Å². The Bertz CT molecular complexity index is 730. The predicted molar refractivity (Wildman–Crippen MR) is 88.5 cm³/mol. The smallest absolute Gasteiger partial charge is 0.200 e. The van der Waals surface area contributed by atoms with E-state index in [0.717, 1.165) is 9.13 Å².